The summed E-state index contributed by atoms with van der Waals surface area (Å²) in [5.41, 5.74) is 1.48. The number of anilines is 2. The molecule has 7 heteroatoms. The molecule has 2 rings (SSSR count). The van der Waals surface area contributed by atoms with Crippen LogP contribution >= 0.6 is 22.6 Å². The zero-order valence-electron chi connectivity index (χ0n) is 10.6. The predicted octanol–water partition coefficient (Wildman–Crippen LogP) is 1.97. The number of benzene rings is 1. The lowest BCUT2D eigenvalue weighted by Crippen LogP contribution is -2.30. The second kappa shape index (κ2) is 6.42. The molecule has 0 saturated heterocycles. The summed E-state index contributed by atoms with van der Waals surface area (Å²) < 4.78 is 1.06. The third kappa shape index (κ3) is 3.73. The van der Waals surface area contributed by atoms with Crippen LogP contribution in [0.5, 0.6) is 0 Å². The Morgan fingerprint density at radius 1 is 1.10 bits per heavy atom. The van der Waals surface area contributed by atoms with Gasteiger partial charge in [0.15, 0.2) is 0 Å². The number of halogens is 1. The van der Waals surface area contributed by atoms with E-state index in [2.05, 4.69) is 43.2 Å². The zero-order valence-corrected chi connectivity index (χ0v) is 12.7. The highest BCUT2D eigenvalue weighted by atomic mass is 127. The van der Waals surface area contributed by atoms with Crippen molar-refractivity contribution in [3.8, 4) is 0 Å². The molecule has 1 aromatic heterocycles. The lowest BCUT2D eigenvalue weighted by Gasteiger charge is -2.08. The normalized spacial score (nSPS) is 9.90. The Labute approximate surface area is 129 Å². The van der Waals surface area contributed by atoms with E-state index in [1.807, 2.05) is 19.1 Å². The first kappa shape index (κ1) is 14.4. The highest BCUT2D eigenvalue weighted by Gasteiger charge is 2.15. The van der Waals surface area contributed by atoms with Gasteiger partial charge < -0.3 is 5.32 Å². The quantitative estimate of drug-likeness (QED) is 0.615. The summed E-state index contributed by atoms with van der Waals surface area (Å²) in [6.45, 7) is 1.86. The minimum Gasteiger partial charge on any atom is -0.318 e. The monoisotopic (exact) mass is 382 g/mol. The van der Waals surface area contributed by atoms with Gasteiger partial charge in [0, 0.05) is 21.7 Å². The van der Waals surface area contributed by atoms with Crippen molar-refractivity contribution in [2.45, 2.75) is 6.92 Å². The first-order valence-electron chi connectivity index (χ1n) is 5.72. The molecule has 1 aromatic carbocycles. The highest BCUT2D eigenvalue weighted by Crippen LogP contribution is 2.17. The lowest BCUT2D eigenvalue weighted by molar-refractivity contribution is -0.133. The third-order valence-electron chi connectivity index (χ3n) is 2.43. The summed E-state index contributed by atoms with van der Waals surface area (Å²) in [6.07, 6.45) is 2.95. The molecule has 0 unspecified atom stereocenters. The highest BCUT2D eigenvalue weighted by molar-refractivity contribution is 14.1. The van der Waals surface area contributed by atoms with E-state index in [0.717, 1.165) is 9.13 Å². The van der Waals surface area contributed by atoms with Crippen LogP contribution < -0.4 is 10.6 Å². The number of nitrogens with zero attached hydrogens (tertiary/aromatic N) is 2. The third-order valence-corrected chi connectivity index (χ3v) is 3.10. The van der Waals surface area contributed by atoms with Crippen molar-refractivity contribution < 1.29 is 9.59 Å². The smallest absolute Gasteiger partial charge is 0.316 e. The fourth-order valence-electron chi connectivity index (χ4n) is 1.47. The maximum Gasteiger partial charge on any atom is 0.316 e. The SMILES string of the molecule is Cc1cc(I)ccc1NC(=O)C(=O)Nc1ncccn1. The number of carbonyl (C=O) groups excluding carboxylic acids is 2. The minimum absolute atomic E-state index is 0.0898. The topological polar surface area (TPSA) is 84.0 Å². The van der Waals surface area contributed by atoms with Gasteiger partial charge in [0.05, 0.1) is 0 Å². The average Bonchev–Trinajstić information content (AvgIpc) is 2.43. The summed E-state index contributed by atoms with van der Waals surface area (Å²) in [5, 5.41) is 4.87. The Balaban J connectivity index is 2.03. The summed E-state index contributed by atoms with van der Waals surface area (Å²) in [6, 6.07) is 7.13. The molecule has 0 aliphatic carbocycles. The second-order valence-electron chi connectivity index (χ2n) is 3.94. The van der Waals surface area contributed by atoms with Crippen LogP contribution in [0.15, 0.2) is 36.7 Å². The van der Waals surface area contributed by atoms with Gasteiger partial charge in [-0.15, -0.1) is 0 Å². The van der Waals surface area contributed by atoms with Crippen LogP contribution in [-0.4, -0.2) is 21.8 Å². The van der Waals surface area contributed by atoms with Gasteiger partial charge in [0.1, 0.15) is 0 Å². The molecule has 0 spiro atoms. The second-order valence-corrected chi connectivity index (χ2v) is 5.19. The molecule has 6 nitrogen and oxygen atoms in total. The van der Waals surface area contributed by atoms with Crippen LogP contribution in [-0.2, 0) is 9.59 Å². The number of aryl methyl sites for hydroxylation is 1. The molecule has 0 fully saturated rings. The van der Waals surface area contributed by atoms with Gasteiger partial charge in [-0.3, -0.25) is 14.9 Å². The van der Waals surface area contributed by atoms with Gasteiger partial charge >= 0.3 is 11.8 Å². The molecule has 0 aliphatic rings. The Morgan fingerprint density at radius 2 is 1.75 bits per heavy atom. The minimum atomic E-state index is -0.811. The molecule has 2 aromatic rings. The van der Waals surface area contributed by atoms with E-state index in [1.54, 1.807) is 12.1 Å². The van der Waals surface area contributed by atoms with E-state index in [-0.39, 0.29) is 5.95 Å². The molecule has 102 valence electrons. The van der Waals surface area contributed by atoms with Crippen LogP contribution in [0.4, 0.5) is 11.6 Å². The number of nitrogens with one attached hydrogen (secondary N) is 2. The number of carbonyl (C=O) groups is 2. The van der Waals surface area contributed by atoms with E-state index in [1.165, 1.54) is 12.4 Å². The zero-order chi connectivity index (χ0) is 14.5. The van der Waals surface area contributed by atoms with Crippen molar-refractivity contribution in [1.82, 2.24) is 9.97 Å². The molecule has 0 radical (unpaired) electrons. The maximum atomic E-state index is 11.8. The van der Waals surface area contributed by atoms with Gasteiger partial charge in [-0.1, -0.05) is 0 Å². The van der Waals surface area contributed by atoms with E-state index < -0.39 is 11.8 Å². The van der Waals surface area contributed by atoms with Crippen LogP contribution in [0.3, 0.4) is 0 Å². The van der Waals surface area contributed by atoms with Gasteiger partial charge in [0.25, 0.3) is 0 Å². The molecule has 0 bridgehead atoms. The number of hydrogen-bond acceptors (Lipinski definition) is 4. The van der Waals surface area contributed by atoms with Crippen molar-refractivity contribution >= 4 is 46.0 Å². The van der Waals surface area contributed by atoms with Crippen LogP contribution in [0.1, 0.15) is 5.56 Å². The van der Waals surface area contributed by atoms with Crippen LogP contribution in [0, 0.1) is 10.5 Å². The standard InChI is InChI=1S/C13H11IN4O2/c1-8-7-9(14)3-4-10(8)17-11(19)12(20)18-13-15-5-2-6-16-13/h2-7H,1H3,(H,17,19)(H,15,16,18,20). The lowest BCUT2D eigenvalue weighted by atomic mass is 10.2. The van der Waals surface area contributed by atoms with Gasteiger partial charge in [-0.25, -0.2) is 9.97 Å². The van der Waals surface area contributed by atoms with Crippen molar-refractivity contribution in [3.63, 3.8) is 0 Å². The summed E-state index contributed by atoms with van der Waals surface area (Å²) in [4.78, 5) is 31.1. The van der Waals surface area contributed by atoms with Crippen LogP contribution in [0.2, 0.25) is 0 Å². The Bertz CT molecular complexity index is 646. The average molecular weight is 382 g/mol. The molecule has 0 atom stereocenters. The van der Waals surface area contributed by atoms with Crippen molar-refractivity contribution in [1.29, 1.82) is 0 Å². The molecule has 1 heterocycles. The molecule has 2 N–H and O–H groups in total. The van der Waals surface area contributed by atoms with Crippen molar-refractivity contribution in [2.75, 3.05) is 10.6 Å². The number of aromatic nitrogens is 2. The largest absolute Gasteiger partial charge is 0.318 e. The molecule has 0 saturated carbocycles. The predicted molar refractivity (Wildman–Crippen MR) is 83.2 cm³/mol. The van der Waals surface area contributed by atoms with E-state index >= 15 is 0 Å². The van der Waals surface area contributed by atoms with E-state index in [0.29, 0.717) is 5.69 Å². The van der Waals surface area contributed by atoms with Gasteiger partial charge in [0.2, 0.25) is 5.95 Å². The number of rotatable bonds is 2. The maximum absolute atomic E-state index is 11.8. The first-order chi connectivity index (χ1) is 9.56. The fraction of sp³-hybridized carbons (Fsp3) is 0.0769. The Hall–Kier alpha value is -2.03. The number of amides is 2. The van der Waals surface area contributed by atoms with Gasteiger partial charge in [-0.2, -0.15) is 0 Å². The fourth-order valence-corrected chi connectivity index (χ4v) is 2.12. The van der Waals surface area contributed by atoms with E-state index in [4.69, 9.17) is 0 Å². The molecular formula is C13H11IN4O2. The van der Waals surface area contributed by atoms with Crippen molar-refractivity contribution in [2.24, 2.45) is 0 Å². The molecule has 2 amide bonds. The van der Waals surface area contributed by atoms with E-state index in [9.17, 15) is 9.59 Å². The first-order valence-corrected chi connectivity index (χ1v) is 6.79. The molecule has 0 aliphatic heterocycles. The number of hydrogen-bond donors (Lipinski definition) is 2. The van der Waals surface area contributed by atoms with Crippen LogP contribution in [0.25, 0.3) is 0 Å². The molecule has 20 heavy (non-hydrogen) atoms. The summed E-state index contributed by atoms with van der Waals surface area (Å²) >= 11 is 2.18. The Kier molecular flexibility index (Phi) is 4.61. The summed E-state index contributed by atoms with van der Waals surface area (Å²) in [7, 11) is 0. The summed E-state index contributed by atoms with van der Waals surface area (Å²) in [5.74, 6) is -1.48. The van der Waals surface area contributed by atoms with Crippen molar-refractivity contribution in [3.05, 3.63) is 45.8 Å². The Morgan fingerprint density at radius 3 is 2.40 bits per heavy atom. The molecular weight excluding hydrogens is 371 g/mol. The van der Waals surface area contributed by atoms with Gasteiger partial charge in [-0.05, 0) is 59.3 Å².